The lowest BCUT2D eigenvalue weighted by molar-refractivity contribution is -0.119. The predicted octanol–water partition coefficient (Wildman–Crippen LogP) is 3.88. The first-order valence-corrected chi connectivity index (χ1v) is 8.26. The lowest BCUT2D eigenvalue weighted by Gasteiger charge is -2.24. The van der Waals surface area contributed by atoms with E-state index in [0.29, 0.717) is 17.8 Å². The fourth-order valence-corrected chi connectivity index (χ4v) is 2.98. The summed E-state index contributed by atoms with van der Waals surface area (Å²) < 4.78 is 5.41. The van der Waals surface area contributed by atoms with Crippen LogP contribution in [0.15, 0.2) is 48.5 Å². The Labute approximate surface area is 147 Å². The van der Waals surface area contributed by atoms with Gasteiger partial charge in [0, 0.05) is 5.69 Å². The number of imide groups is 1. The van der Waals surface area contributed by atoms with Crippen LogP contribution in [0.3, 0.4) is 0 Å². The number of nitrogens with zero attached hydrogens (tertiary/aromatic N) is 1. The van der Waals surface area contributed by atoms with E-state index in [-0.39, 0.29) is 5.91 Å². The molecule has 5 heteroatoms. The van der Waals surface area contributed by atoms with Crippen molar-refractivity contribution in [2.75, 3.05) is 10.6 Å². The number of hydrogen-bond acceptors (Lipinski definition) is 4. The maximum atomic E-state index is 13.0. The zero-order chi connectivity index (χ0) is 18.2. The largest absolute Gasteiger partial charge is 0.443 e. The third kappa shape index (κ3) is 3.50. The van der Waals surface area contributed by atoms with Crippen molar-refractivity contribution in [2.45, 2.75) is 38.7 Å². The van der Waals surface area contributed by atoms with Crippen LogP contribution in [-0.2, 0) is 16.0 Å². The van der Waals surface area contributed by atoms with Crippen LogP contribution in [0.25, 0.3) is 0 Å². The Morgan fingerprint density at radius 1 is 1.12 bits per heavy atom. The van der Waals surface area contributed by atoms with E-state index < -0.39 is 17.6 Å². The molecule has 1 heterocycles. The van der Waals surface area contributed by atoms with Gasteiger partial charge in [0.15, 0.2) is 0 Å². The SMILES string of the molecule is CC(C)(C)OC(=O)N1C(=O)C(Cc2ccc(N)cc2)c2ccccc21. The van der Waals surface area contributed by atoms with Crippen molar-refractivity contribution < 1.29 is 14.3 Å². The maximum Gasteiger partial charge on any atom is 0.421 e. The lowest BCUT2D eigenvalue weighted by Crippen LogP contribution is -2.39. The summed E-state index contributed by atoms with van der Waals surface area (Å²) in [6.07, 6.45) is -0.125. The van der Waals surface area contributed by atoms with Gasteiger partial charge in [0.05, 0.1) is 11.6 Å². The second-order valence-corrected chi connectivity index (χ2v) is 7.21. The van der Waals surface area contributed by atoms with E-state index >= 15 is 0 Å². The molecule has 3 rings (SSSR count). The van der Waals surface area contributed by atoms with E-state index in [4.69, 9.17) is 10.5 Å². The van der Waals surface area contributed by atoms with Crippen LogP contribution in [0, 0.1) is 0 Å². The van der Waals surface area contributed by atoms with Gasteiger partial charge in [0.25, 0.3) is 0 Å². The fraction of sp³-hybridized carbons (Fsp3) is 0.300. The molecule has 0 saturated carbocycles. The van der Waals surface area contributed by atoms with Gasteiger partial charge in [-0.15, -0.1) is 0 Å². The summed E-state index contributed by atoms with van der Waals surface area (Å²) in [4.78, 5) is 26.7. The summed E-state index contributed by atoms with van der Waals surface area (Å²) in [7, 11) is 0. The van der Waals surface area contributed by atoms with Gasteiger partial charge in [-0.2, -0.15) is 0 Å². The van der Waals surface area contributed by atoms with Crippen molar-refractivity contribution in [3.8, 4) is 0 Å². The second kappa shape index (κ2) is 6.24. The molecule has 25 heavy (non-hydrogen) atoms. The van der Waals surface area contributed by atoms with Crippen molar-refractivity contribution in [1.29, 1.82) is 0 Å². The predicted molar refractivity (Wildman–Crippen MR) is 97.5 cm³/mol. The van der Waals surface area contributed by atoms with Gasteiger partial charge in [0.2, 0.25) is 5.91 Å². The Morgan fingerprint density at radius 2 is 1.76 bits per heavy atom. The monoisotopic (exact) mass is 338 g/mol. The number of hydrogen-bond donors (Lipinski definition) is 1. The zero-order valence-corrected chi connectivity index (χ0v) is 14.7. The average molecular weight is 338 g/mol. The molecule has 1 aliphatic rings. The standard InChI is InChI=1S/C20H22N2O3/c1-20(2,3)25-19(24)22-17-7-5-4-6-15(17)16(18(22)23)12-13-8-10-14(21)11-9-13/h4-11,16H,12,21H2,1-3H3. The highest BCUT2D eigenvalue weighted by Gasteiger charge is 2.42. The molecule has 0 fully saturated rings. The van der Waals surface area contributed by atoms with Gasteiger partial charge in [-0.25, -0.2) is 9.69 Å². The molecule has 0 bridgehead atoms. The highest BCUT2D eigenvalue weighted by atomic mass is 16.6. The van der Waals surface area contributed by atoms with Crippen LogP contribution in [-0.4, -0.2) is 17.6 Å². The van der Waals surface area contributed by atoms with E-state index in [0.717, 1.165) is 16.0 Å². The van der Waals surface area contributed by atoms with Crippen LogP contribution in [0.5, 0.6) is 0 Å². The second-order valence-electron chi connectivity index (χ2n) is 7.21. The number of nitrogens with two attached hydrogens (primary N) is 1. The van der Waals surface area contributed by atoms with Gasteiger partial charge in [-0.3, -0.25) is 4.79 Å². The first kappa shape index (κ1) is 17.0. The van der Waals surface area contributed by atoms with Gasteiger partial charge in [-0.05, 0) is 56.5 Å². The van der Waals surface area contributed by atoms with E-state index in [1.807, 2.05) is 42.5 Å². The van der Waals surface area contributed by atoms with E-state index in [2.05, 4.69) is 0 Å². The molecule has 0 aliphatic carbocycles. The van der Waals surface area contributed by atoms with Crippen molar-refractivity contribution >= 4 is 23.4 Å². The lowest BCUT2D eigenvalue weighted by atomic mass is 9.93. The Bertz CT molecular complexity index is 806. The molecular weight excluding hydrogens is 316 g/mol. The topological polar surface area (TPSA) is 72.6 Å². The highest BCUT2D eigenvalue weighted by molar-refractivity contribution is 6.19. The molecule has 1 aliphatic heterocycles. The van der Waals surface area contributed by atoms with Crippen LogP contribution in [0.1, 0.15) is 37.8 Å². The Hall–Kier alpha value is -2.82. The molecule has 0 saturated heterocycles. The number of rotatable bonds is 2. The summed E-state index contributed by atoms with van der Waals surface area (Å²) in [6, 6.07) is 14.8. The molecular formula is C20H22N2O3. The van der Waals surface area contributed by atoms with Crippen molar-refractivity contribution in [1.82, 2.24) is 0 Å². The Kier molecular flexibility index (Phi) is 4.25. The quantitative estimate of drug-likeness (QED) is 0.844. The van der Waals surface area contributed by atoms with Crippen LogP contribution in [0.4, 0.5) is 16.2 Å². The molecule has 2 amide bonds. The first-order valence-electron chi connectivity index (χ1n) is 8.26. The third-order valence-corrected chi connectivity index (χ3v) is 4.07. The van der Waals surface area contributed by atoms with E-state index in [1.165, 1.54) is 0 Å². The zero-order valence-electron chi connectivity index (χ0n) is 14.7. The number of ether oxygens (including phenoxy) is 1. The van der Waals surface area contributed by atoms with Crippen molar-refractivity contribution in [2.24, 2.45) is 0 Å². The average Bonchev–Trinajstić information content (AvgIpc) is 2.80. The molecule has 130 valence electrons. The Balaban J connectivity index is 1.92. The number of nitrogen functional groups attached to an aromatic ring is 1. The van der Waals surface area contributed by atoms with E-state index in [1.54, 1.807) is 26.8 Å². The normalized spacial score (nSPS) is 16.7. The molecule has 2 N–H and O–H groups in total. The van der Waals surface area contributed by atoms with Gasteiger partial charge in [0.1, 0.15) is 5.60 Å². The highest BCUT2D eigenvalue weighted by Crippen LogP contribution is 2.39. The summed E-state index contributed by atoms with van der Waals surface area (Å²) in [5.41, 5.74) is 8.17. The first-order chi connectivity index (χ1) is 11.8. The number of carbonyl (C=O) groups excluding carboxylic acids is 2. The van der Waals surface area contributed by atoms with Crippen molar-refractivity contribution in [3.05, 3.63) is 59.7 Å². The third-order valence-electron chi connectivity index (χ3n) is 4.07. The summed E-state index contributed by atoms with van der Waals surface area (Å²) >= 11 is 0. The van der Waals surface area contributed by atoms with Crippen LogP contribution >= 0.6 is 0 Å². The van der Waals surface area contributed by atoms with Crippen LogP contribution < -0.4 is 10.6 Å². The van der Waals surface area contributed by atoms with Gasteiger partial charge < -0.3 is 10.5 Å². The Morgan fingerprint density at radius 3 is 2.40 bits per heavy atom. The van der Waals surface area contributed by atoms with Gasteiger partial charge >= 0.3 is 6.09 Å². The molecule has 1 unspecified atom stereocenters. The smallest absolute Gasteiger partial charge is 0.421 e. The fourth-order valence-electron chi connectivity index (χ4n) is 2.98. The number of para-hydroxylation sites is 1. The number of anilines is 2. The van der Waals surface area contributed by atoms with E-state index in [9.17, 15) is 9.59 Å². The summed E-state index contributed by atoms with van der Waals surface area (Å²) in [5.74, 6) is -0.667. The minimum absolute atomic E-state index is 0.257. The molecule has 0 radical (unpaired) electrons. The molecule has 1 atom stereocenters. The summed E-state index contributed by atoms with van der Waals surface area (Å²) in [6.45, 7) is 5.34. The molecule has 5 nitrogen and oxygen atoms in total. The molecule has 2 aromatic carbocycles. The maximum absolute atomic E-state index is 13.0. The van der Waals surface area contributed by atoms with Gasteiger partial charge in [-0.1, -0.05) is 30.3 Å². The minimum atomic E-state index is -0.665. The molecule has 0 aromatic heterocycles. The van der Waals surface area contributed by atoms with Crippen LogP contribution in [0.2, 0.25) is 0 Å². The molecule has 0 spiro atoms. The number of fused-ring (bicyclic) bond motifs is 1. The van der Waals surface area contributed by atoms with Crippen molar-refractivity contribution in [3.63, 3.8) is 0 Å². The minimum Gasteiger partial charge on any atom is -0.443 e. The number of carbonyl (C=O) groups is 2. The molecule has 2 aromatic rings. The summed E-state index contributed by atoms with van der Waals surface area (Å²) in [5, 5.41) is 0. The number of benzene rings is 2. The number of amides is 2.